The first-order chi connectivity index (χ1) is 9.66. The maximum atomic E-state index is 12.3. The molecular weight excluding hydrogens is 260 g/mol. The van der Waals surface area contributed by atoms with Gasteiger partial charge in [-0.15, -0.1) is 0 Å². The molecule has 20 heavy (non-hydrogen) atoms. The van der Waals surface area contributed by atoms with E-state index in [1.54, 1.807) is 12.1 Å². The van der Waals surface area contributed by atoms with Crippen LogP contribution in [-0.4, -0.2) is 12.7 Å². The van der Waals surface area contributed by atoms with Gasteiger partial charge < -0.3 is 10.1 Å². The van der Waals surface area contributed by atoms with Gasteiger partial charge in [-0.1, -0.05) is 37.5 Å². The standard InChI is InChI=1S/C16H23F2NO/c1-12(13-7-3-2-4-8-13)19-11-14-9-5-6-10-15(14)20-16(17)18/h5-6,9-10,12-13,16,19H,2-4,7-8,11H2,1H3. The van der Waals surface area contributed by atoms with Crippen LogP contribution in [0.25, 0.3) is 0 Å². The molecule has 0 aliphatic heterocycles. The molecule has 0 amide bonds. The molecule has 4 heteroatoms. The molecule has 1 N–H and O–H groups in total. The SMILES string of the molecule is CC(NCc1ccccc1OC(F)F)C1CCCCC1. The van der Waals surface area contributed by atoms with Crippen molar-refractivity contribution < 1.29 is 13.5 Å². The summed E-state index contributed by atoms with van der Waals surface area (Å²) >= 11 is 0. The molecule has 0 spiro atoms. The van der Waals surface area contributed by atoms with Crippen molar-refractivity contribution in [1.29, 1.82) is 0 Å². The van der Waals surface area contributed by atoms with Crippen LogP contribution in [0.5, 0.6) is 5.75 Å². The number of hydrogen-bond acceptors (Lipinski definition) is 2. The van der Waals surface area contributed by atoms with Crippen molar-refractivity contribution in [3.63, 3.8) is 0 Å². The van der Waals surface area contributed by atoms with Gasteiger partial charge >= 0.3 is 6.61 Å². The van der Waals surface area contributed by atoms with E-state index >= 15 is 0 Å². The quantitative estimate of drug-likeness (QED) is 0.838. The van der Waals surface area contributed by atoms with Gasteiger partial charge in [0.2, 0.25) is 0 Å². The Kier molecular flexibility index (Phi) is 5.77. The van der Waals surface area contributed by atoms with E-state index in [1.165, 1.54) is 32.1 Å². The molecule has 1 atom stereocenters. The highest BCUT2D eigenvalue weighted by atomic mass is 19.3. The fraction of sp³-hybridized carbons (Fsp3) is 0.625. The minimum atomic E-state index is -2.77. The van der Waals surface area contributed by atoms with Crippen LogP contribution in [-0.2, 0) is 6.54 Å². The van der Waals surface area contributed by atoms with Gasteiger partial charge in [-0.25, -0.2) is 0 Å². The third kappa shape index (κ3) is 4.44. The zero-order valence-corrected chi connectivity index (χ0v) is 11.9. The van der Waals surface area contributed by atoms with E-state index in [-0.39, 0.29) is 5.75 Å². The Balaban J connectivity index is 1.89. The molecule has 112 valence electrons. The second-order valence-electron chi connectivity index (χ2n) is 5.55. The molecule has 0 heterocycles. The predicted octanol–water partition coefficient (Wildman–Crippen LogP) is 4.35. The summed E-state index contributed by atoms with van der Waals surface area (Å²) in [6, 6.07) is 7.40. The smallest absolute Gasteiger partial charge is 0.387 e. The number of hydrogen-bond donors (Lipinski definition) is 1. The highest BCUT2D eigenvalue weighted by Crippen LogP contribution is 2.27. The first-order valence-corrected chi connectivity index (χ1v) is 7.43. The molecule has 1 aliphatic carbocycles. The number of benzene rings is 1. The molecule has 0 aromatic heterocycles. The molecule has 1 saturated carbocycles. The summed E-state index contributed by atoms with van der Waals surface area (Å²) in [6.45, 7) is -0.0143. The summed E-state index contributed by atoms with van der Waals surface area (Å²) in [6.07, 6.45) is 6.49. The van der Waals surface area contributed by atoms with Crippen molar-refractivity contribution in [2.45, 2.75) is 58.2 Å². The van der Waals surface area contributed by atoms with Gasteiger partial charge in [-0.05, 0) is 31.7 Å². The van der Waals surface area contributed by atoms with E-state index in [0.717, 1.165) is 5.56 Å². The predicted molar refractivity (Wildman–Crippen MR) is 76.0 cm³/mol. The number of para-hydroxylation sites is 1. The number of ether oxygens (including phenoxy) is 1. The van der Waals surface area contributed by atoms with Gasteiger partial charge in [0.05, 0.1) is 0 Å². The van der Waals surface area contributed by atoms with Crippen molar-refractivity contribution in [3.8, 4) is 5.75 Å². The molecule has 0 saturated heterocycles. The maximum Gasteiger partial charge on any atom is 0.387 e. The van der Waals surface area contributed by atoms with Crippen LogP contribution in [0, 0.1) is 5.92 Å². The van der Waals surface area contributed by atoms with Crippen LogP contribution in [0.1, 0.15) is 44.6 Å². The number of rotatable bonds is 6. The summed E-state index contributed by atoms with van der Waals surface area (Å²) in [5.41, 5.74) is 0.787. The molecule has 1 unspecified atom stereocenters. The number of halogens is 2. The third-order valence-corrected chi connectivity index (χ3v) is 4.16. The first kappa shape index (κ1) is 15.2. The highest BCUT2D eigenvalue weighted by molar-refractivity contribution is 5.33. The summed E-state index contributed by atoms with van der Waals surface area (Å²) in [7, 11) is 0. The van der Waals surface area contributed by atoms with Gasteiger partial charge in [0.25, 0.3) is 0 Å². The molecule has 1 aromatic rings. The molecule has 2 nitrogen and oxygen atoms in total. The molecule has 1 fully saturated rings. The monoisotopic (exact) mass is 283 g/mol. The van der Waals surface area contributed by atoms with Gasteiger partial charge in [-0.2, -0.15) is 8.78 Å². The fourth-order valence-corrected chi connectivity index (χ4v) is 2.93. The zero-order chi connectivity index (χ0) is 14.4. The third-order valence-electron chi connectivity index (χ3n) is 4.16. The molecule has 1 aliphatic rings. The topological polar surface area (TPSA) is 21.3 Å². The van der Waals surface area contributed by atoms with Crippen LogP contribution < -0.4 is 10.1 Å². The lowest BCUT2D eigenvalue weighted by Gasteiger charge is -2.28. The van der Waals surface area contributed by atoms with E-state index < -0.39 is 6.61 Å². The average molecular weight is 283 g/mol. The Bertz CT molecular complexity index is 405. The van der Waals surface area contributed by atoms with Crippen LogP contribution in [0.15, 0.2) is 24.3 Å². The Morgan fingerprint density at radius 3 is 2.60 bits per heavy atom. The highest BCUT2D eigenvalue weighted by Gasteiger charge is 2.20. The average Bonchev–Trinajstić information content (AvgIpc) is 2.46. The lowest BCUT2D eigenvalue weighted by atomic mass is 9.84. The Labute approximate surface area is 119 Å². The minimum Gasteiger partial charge on any atom is -0.434 e. The van der Waals surface area contributed by atoms with Crippen molar-refractivity contribution >= 4 is 0 Å². The second-order valence-corrected chi connectivity index (χ2v) is 5.55. The first-order valence-electron chi connectivity index (χ1n) is 7.43. The van der Waals surface area contributed by atoms with Crippen molar-refractivity contribution in [2.24, 2.45) is 5.92 Å². The van der Waals surface area contributed by atoms with Crippen LogP contribution in [0.3, 0.4) is 0 Å². The van der Waals surface area contributed by atoms with Crippen LogP contribution >= 0.6 is 0 Å². The van der Waals surface area contributed by atoms with Crippen molar-refractivity contribution in [1.82, 2.24) is 5.32 Å². The summed E-state index contributed by atoms with van der Waals surface area (Å²) in [5, 5.41) is 3.46. The van der Waals surface area contributed by atoms with Crippen LogP contribution in [0.4, 0.5) is 8.78 Å². The maximum absolute atomic E-state index is 12.3. The fourth-order valence-electron chi connectivity index (χ4n) is 2.93. The van der Waals surface area contributed by atoms with Gasteiger partial charge in [-0.3, -0.25) is 0 Å². The van der Waals surface area contributed by atoms with Crippen molar-refractivity contribution in [2.75, 3.05) is 0 Å². The van der Waals surface area contributed by atoms with Crippen molar-refractivity contribution in [3.05, 3.63) is 29.8 Å². The Hall–Kier alpha value is -1.16. The van der Waals surface area contributed by atoms with E-state index in [1.807, 2.05) is 12.1 Å². The van der Waals surface area contributed by atoms with E-state index in [2.05, 4.69) is 17.0 Å². The molecule has 2 rings (SSSR count). The molecule has 1 aromatic carbocycles. The Morgan fingerprint density at radius 1 is 1.20 bits per heavy atom. The molecular formula is C16H23F2NO. The van der Waals surface area contributed by atoms with E-state index in [0.29, 0.717) is 18.5 Å². The minimum absolute atomic E-state index is 0.269. The largest absolute Gasteiger partial charge is 0.434 e. The van der Waals surface area contributed by atoms with E-state index in [4.69, 9.17) is 0 Å². The normalized spacial score (nSPS) is 18.2. The van der Waals surface area contributed by atoms with Gasteiger partial charge in [0.15, 0.2) is 0 Å². The van der Waals surface area contributed by atoms with Crippen LogP contribution in [0.2, 0.25) is 0 Å². The van der Waals surface area contributed by atoms with Gasteiger partial charge in [0, 0.05) is 18.2 Å². The summed E-state index contributed by atoms with van der Waals surface area (Å²) in [5.74, 6) is 0.970. The van der Waals surface area contributed by atoms with Gasteiger partial charge in [0.1, 0.15) is 5.75 Å². The molecule has 0 radical (unpaired) electrons. The lowest BCUT2D eigenvalue weighted by molar-refractivity contribution is -0.0505. The summed E-state index contributed by atoms with van der Waals surface area (Å²) in [4.78, 5) is 0. The van der Waals surface area contributed by atoms with E-state index in [9.17, 15) is 8.78 Å². The molecule has 0 bridgehead atoms. The zero-order valence-electron chi connectivity index (χ0n) is 11.9. The number of nitrogens with one attached hydrogen (secondary N) is 1. The second kappa shape index (κ2) is 7.58. The lowest BCUT2D eigenvalue weighted by Crippen LogP contribution is -2.34. The summed E-state index contributed by atoms with van der Waals surface area (Å²) < 4.78 is 29.2. The number of alkyl halides is 2. The Morgan fingerprint density at radius 2 is 1.90 bits per heavy atom.